The first kappa shape index (κ1) is 22.2. The fraction of sp³-hybridized carbons (Fsp3) is 0.0714. The molecular formula is C28H24N2O2S. The van der Waals surface area contributed by atoms with Gasteiger partial charge in [-0.2, -0.15) is 0 Å². The first-order valence-corrected chi connectivity index (χ1v) is 11.1. The molecule has 5 heteroatoms. The first-order chi connectivity index (χ1) is 16.2. The molecule has 4 aromatic rings. The molecule has 4 rings (SSSR count). The maximum absolute atomic E-state index is 13.3. The zero-order valence-electron chi connectivity index (χ0n) is 18.0. The van der Waals surface area contributed by atoms with E-state index in [0.29, 0.717) is 18.0 Å². The summed E-state index contributed by atoms with van der Waals surface area (Å²) in [4.78, 5) is 13.3. The summed E-state index contributed by atoms with van der Waals surface area (Å²) >= 11 is 5.47. The molecule has 0 saturated heterocycles. The molecule has 0 aliphatic carbocycles. The van der Waals surface area contributed by atoms with Crippen LogP contribution in [-0.4, -0.2) is 11.0 Å². The number of amides is 1. The van der Waals surface area contributed by atoms with Gasteiger partial charge in [-0.3, -0.25) is 4.79 Å². The monoisotopic (exact) mass is 452 g/mol. The van der Waals surface area contributed by atoms with E-state index >= 15 is 0 Å². The van der Waals surface area contributed by atoms with Crippen LogP contribution in [0.4, 0.5) is 5.69 Å². The van der Waals surface area contributed by atoms with Gasteiger partial charge in [0, 0.05) is 0 Å². The average Bonchev–Trinajstić information content (AvgIpc) is 2.85. The molecule has 0 radical (unpaired) electrons. The van der Waals surface area contributed by atoms with Crippen molar-refractivity contribution in [1.29, 1.82) is 0 Å². The van der Waals surface area contributed by atoms with E-state index in [2.05, 4.69) is 10.6 Å². The number of rotatable bonds is 7. The van der Waals surface area contributed by atoms with E-state index in [-0.39, 0.29) is 11.0 Å². The third-order valence-electron chi connectivity index (χ3n) is 5.14. The largest absolute Gasteiger partial charge is 0.487 e. The zero-order chi connectivity index (χ0) is 22.9. The number of benzene rings is 4. The van der Waals surface area contributed by atoms with E-state index in [0.717, 1.165) is 16.7 Å². The maximum Gasteiger partial charge on any atom is 0.238 e. The Morgan fingerprint density at radius 2 is 1.24 bits per heavy atom. The number of carbonyl (C=O) groups is 1. The molecule has 2 N–H and O–H groups in total. The number of nitrogens with one attached hydrogen (secondary N) is 2. The lowest BCUT2D eigenvalue weighted by Gasteiger charge is -2.19. The predicted octanol–water partition coefficient (Wildman–Crippen LogP) is 5.91. The smallest absolute Gasteiger partial charge is 0.238 e. The molecule has 0 aliphatic heterocycles. The Hall–Kier alpha value is -3.96. The van der Waals surface area contributed by atoms with Crippen molar-refractivity contribution in [3.63, 3.8) is 0 Å². The third-order valence-corrected chi connectivity index (χ3v) is 5.34. The lowest BCUT2D eigenvalue weighted by Crippen LogP contribution is -2.38. The highest BCUT2D eigenvalue weighted by molar-refractivity contribution is 7.80. The van der Waals surface area contributed by atoms with E-state index in [9.17, 15) is 4.79 Å². The molecule has 4 aromatic carbocycles. The van der Waals surface area contributed by atoms with Crippen molar-refractivity contribution in [2.45, 2.75) is 12.5 Å². The standard InChI is InChI=1S/C28H24N2O2S/c31-27(26(22-14-6-2-7-15-22)23-16-8-3-9-17-23)30-28(33)29-24-18-10-11-19-25(24)32-20-21-12-4-1-5-13-21/h1-19,26H,20H2,(H2,29,30,31,33). The third kappa shape index (κ3) is 6.05. The van der Waals surface area contributed by atoms with Gasteiger partial charge in [-0.25, -0.2) is 0 Å². The van der Waals surface area contributed by atoms with Crippen molar-refractivity contribution in [3.05, 3.63) is 132 Å². The highest BCUT2D eigenvalue weighted by Gasteiger charge is 2.23. The van der Waals surface area contributed by atoms with Gasteiger partial charge in [0.15, 0.2) is 5.11 Å². The van der Waals surface area contributed by atoms with Crippen LogP contribution in [0.2, 0.25) is 0 Å². The number of carbonyl (C=O) groups excluding carboxylic acids is 1. The van der Waals surface area contributed by atoms with Crippen LogP contribution in [-0.2, 0) is 11.4 Å². The second-order valence-electron chi connectivity index (χ2n) is 7.47. The van der Waals surface area contributed by atoms with Gasteiger partial charge in [0.25, 0.3) is 0 Å². The topological polar surface area (TPSA) is 50.4 Å². The van der Waals surface area contributed by atoms with Crippen LogP contribution in [0, 0.1) is 0 Å². The number of hydrogen-bond donors (Lipinski definition) is 2. The molecule has 0 heterocycles. The molecule has 0 fully saturated rings. The molecular weight excluding hydrogens is 428 g/mol. The summed E-state index contributed by atoms with van der Waals surface area (Å²) in [7, 11) is 0. The molecule has 0 bridgehead atoms. The lowest BCUT2D eigenvalue weighted by atomic mass is 9.90. The van der Waals surface area contributed by atoms with Crippen molar-refractivity contribution in [2.24, 2.45) is 0 Å². The Balaban J connectivity index is 1.46. The van der Waals surface area contributed by atoms with Crippen molar-refractivity contribution >= 4 is 28.9 Å². The summed E-state index contributed by atoms with van der Waals surface area (Å²) in [5, 5.41) is 6.18. The second kappa shape index (κ2) is 11.1. The molecule has 164 valence electrons. The van der Waals surface area contributed by atoms with Crippen LogP contribution in [0.15, 0.2) is 115 Å². The fourth-order valence-electron chi connectivity index (χ4n) is 3.55. The van der Waals surface area contributed by atoms with Crippen molar-refractivity contribution < 1.29 is 9.53 Å². The van der Waals surface area contributed by atoms with Gasteiger partial charge in [-0.15, -0.1) is 0 Å². The molecule has 0 atom stereocenters. The van der Waals surface area contributed by atoms with E-state index < -0.39 is 5.92 Å². The van der Waals surface area contributed by atoms with Crippen LogP contribution in [0.1, 0.15) is 22.6 Å². The average molecular weight is 453 g/mol. The van der Waals surface area contributed by atoms with Crippen molar-refractivity contribution in [3.8, 4) is 5.75 Å². The van der Waals surface area contributed by atoms with E-state index in [1.54, 1.807) is 0 Å². The minimum absolute atomic E-state index is 0.201. The summed E-state index contributed by atoms with van der Waals surface area (Å²) in [6.07, 6.45) is 0. The molecule has 33 heavy (non-hydrogen) atoms. The van der Waals surface area contributed by atoms with E-state index in [4.69, 9.17) is 17.0 Å². The normalized spacial score (nSPS) is 10.5. The maximum atomic E-state index is 13.3. The molecule has 0 saturated carbocycles. The summed E-state index contributed by atoms with van der Waals surface area (Å²) in [5.41, 5.74) is 3.55. The second-order valence-corrected chi connectivity index (χ2v) is 7.88. The van der Waals surface area contributed by atoms with Crippen LogP contribution in [0.25, 0.3) is 0 Å². The number of hydrogen-bond acceptors (Lipinski definition) is 3. The molecule has 0 aliphatic rings. The Morgan fingerprint density at radius 3 is 1.85 bits per heavy atom. The van der Waals surface area contributed by atoms with Gasteiger partial charge in [0.05, 0.1) is 11.6 Å². The Labute approximate surface area is 199 Å². The molecule has 4 nitrogen and oxygen atoms in total. The van der Waals surface area contributed by atoms with Crippen LogP contribution in [0.3, 0.4) is 0 Å². The molecule has 0 aromatic heterocycles. The Morgan fingerprint density at radius 1 is 0.727 bits per heavy atom. The molecule has 0 unspecified atom stereocenters. The van der Waals surface area contributed by atoms with E-state index in [1.807, 2.05) is 115 Å². The summed E-state index contributed by atoms with van der Waals surface area (Å²) in [6, 6.07) is 36.8. The Bertz CT molecular complexity index is 1160. The van der Waals surface area contributed by atoms with Crippen LogP contribution < -0.4 is 15.4 Å². The van der Waals surface area contributed by atoms with Gasteiger partial charge in [0.2, 0.25) is 5.91 Å². The Kier molecular flexibility index (Phi) is 7.46. The van der Waals surface area contributed by atoms with Gasteiger partial charge >= 0.3 is 0 Å². The first-order valence-electron chi connectivity index (χ1n) is 10.7. The lowest BCUT2D eigenvalue weighted by molar-refractivity contribution is -0.120. The quantitative estimate of drug-likeness (QED) is 0.342. The van der Waals surface area contributed by atoms with Gasteiger partial charge in [-0.05, 0) is 41.0 Å². The summed E-state index contributed by atoms with van der Waals surface area (Å²) in [6.45, 7) is 0.433. The highest BCUT2D eigenvalue weighted by Crippen LogP contribution is 2.26. The predicted molar refractivity (Wildman–Crippen MR) is 136 cm³/mol. The van der Waals surface area contributed by atoms with Crippen molar-refractivity contribution in [2.75, 3.05) is 5.32 Å². The van der Waals surface area contributed by atoms with E-state index in [1.165, 1.54) is 0 Å². The van der Waals surface area contributed by atoms with Crippen molar-refractivity contribution in [1.82, 2.24) is 5.32 Å². The van der Waals surface area contributed by atoms with Crippen LogP contribution in [0.5, 0.6) is 5.75 Å². The van der Waals surface area contributed by atoms with Gasteiger partial charge in [-0.1, -0.05) is 103 Å². The summed E-state index contributed by atoms with van der Waals surface area (Å²) in [5.74, 6) is -0.0232. The number of anilines is 1. The highest BCUT2D eigenvalue weighted by atomic mass is 32.1. The summed E-state index contributed by atoms with van der Waals surface area (Å²) < 4.78 is 5.98. The van der Waals surface area contributed by atoms with Gasteiger partial charge in [0.1, 0.15) is 12.4 Å². The fourth-order valence-corrected chi connectivity index (χ4v) is 3.77. The zero-order valence-corrected chi connectivity index (χ0v) is 18.8. The molecule has 1 amide bonds. The minimum Gasteiger partial charge on any atom is -0.487 e. The molecule has 0 spiro atoms. The number of thiocarbonyl (C=S) groups is 1. The SMILES string of the molecule is O=C(NC(=S)Nc1ccccc1OCc1ccccc1)C(c1ccccc1)c1ccccc1. The minimum atomic E-state index is -0.475. The number of ether oxygens (including phenoxy) is 1. The van der Waals surface area contributed by atoms with Crippen LogP contribution >= 0.6 is 12.2 Å². The van der Waals surface area contributed by atoms with Gasteiger partial charge < -0.3 is 15.4 Å². The number of para-hydroxylation sites is 2.